The molecular weight excluding hydrogens is 442 g/mol. The van der Waals surface area contributed by atoms with Gasteiger partial charge in [0.25, 0.3) is 5.91 Å². The van der Waals surface area contributed by atoms with Crippen LogP contribution in [0, 0.1) is 32.1 Å². The highest BCUT2D eigenvalue weighted by Crippen LogP contribution is 2.42. The molecule has 0 aromatic heterocycles. The van der Waals surface area contributed by atoms with Crippen molar-refractivity contribution in [1.82, 2.24) is 0 Å². The fourth-order valence-electron chi connectivity index (χ4n) is 3.84. The molecule has 1 atom stereocenters. The number of thioether (sulfide) groups is 1. The number of rotatable bonds is 5. The minimum Gasteiger partial charge on any atom is -0.321 e. The number of nitrogens with one attached hydrogen (secondary N) is 1. The second-order valence-electron chi connectivity index (χ2n) is 8.29. The first-order valence-corrected chi connectivity index (χ1v) is 11.9. The average molecular weight is 468 g/mol. The van der Waals surface area contributed by atoms with Crippen molar-refractivity contribution >= 4 is 35.0 Å². The smallest absolute Gasteiger partial charge is 0.269 e. The van der Waals surface area contributed by atoms with E-state index in [0.29, 0.717) is 22.8 Å². The standard InChI is InChI=1S/C28H25N3O2S/c1-18-13-14-23(15-20(18)3)31-27(33)25(16-21-10-8-7-9-19(21)2)34-28(31)24(17-29)26(32)30-22-11-5-4-6-12-22/h4-15,25H,16H2,1-3H3,(H,30,32)/b28-24-. The Morgan fingerprint density at radius 3 is 2.35 bits per heavy atom. The molecule has 2 amide bonds. The van der Waals surface area contributed by atoms with Crippen LogP contribution in [0.5, 0.6) is 0 Å². The summed E-state index contributed by atoms with van der Waals surface area (Å²) in [6.45, 7) is 6.00. The molecule has 34 heavy (non-hydrogen) atoms. The Bertz CT molecular complexity index is 1320. The molecule has 1 heterocycles. The summed E-state index contributed by atoms with van der Waals surface area (Å²) >= 11 is 1.28. The van der Waals surface area contributed by atoms with Crippen molar-refractivity contribution < 1.29 is 9.59 Å². The second-order valence-corrected chi connectivity index (χ2v) is 9.48. The number of carbonyl (C=O) groups excluding carboxylic acids is 2. The number of hydrogen-bond donors (Lipinski definition) is 1. The number of nitriles is 1. The third kappa shape index (κ3) is 4.75. The Labute approximate surface area is 204 Å². The molecule has 1 aliphatic heterocycles. The number of nitrogens with zero attached hydrogens (tertiary/aromatic N) is 2. The van der Waals surface area contributed by atoms with E-state index in [0.717, 1.165) is 22.3 Å². The lowest BCUT2D eigenvalue weighted by atomic mass is 10.0. The van der Waals surface area contributed by atoms with Gasteiger partial charge in [0, 0.05) is 11.4 Å². The molecule has 1 unspecified atom stereocenters. The summed E-state index contributed by atoms with van der Waals surface area (Å²) < 4.78 is 0. The van der Waals surface area contributed by atoms with Gasteiger partial charge in [-0.3, -0.25) is 14.5 Å². The minimum absolute atomic E-state index is 0.0762. The van der Waals surface area contributed by atoms with E-state index in [9.17, 15) is 14.9 Å². The number of benzene rings is 3. The highest BCUT2D eigenvalue weighted by molar-refractivity contribution is 8.05. The van der Waals surface area contributed by atoms with Gasteiger partial charge in [-0.2, -0.15) is 5.26 Å². The van der Waals surface area contributed by atoms with Crippen LogP contribution in [0.25, 0.3) is 0 Å². The monoisotopic (exact) mass is 467 g/mol. The van der Waals surface area contributed by atoms with Crippen molar-refractivity contribution in [3.8, 4) is 6.07 Å². The van der Waals surface area contributed by atoms with Gasteiger partial charge < -0.3 is 5.32 Å². The van der Waals surface area contributed by atoms with Crippen LogP contribution in [-0.2, 0) is 16.0 Å². The third-order valence-corrected chi connectivity index (χ3v) is 7.22. The van der Waals surface area contributed by atoms with Crippen LogP contribution < -0.4 is 10.2 Å². The van der Waals surface area contributed by atoms with Crippen molar-refractivity contribution in [2.75, 3.05) is 10.2 Å². The molecule has 5 nitrogen and oxygen atoms in total. The Hall–Kier alpha value is -3.82. The fourth-order valence-corrected chi connectivity index (χ4v) is 5.14. The summed E-state index contributed by atoms with van der Waals surface area (Å²) in [5, 5.41) is 12.7. The molecule has 1 fully saturated rings. The van der Waals surface area contributed by atoms with Crippen LogP contribution in [0.15, 0.2) is 83.4 Å². The molecule has 170 valence electrons. The molecule has 1 aliphatic rings. The van der Waals surface area contributed by atoms with E-state index in [1.54, 1.807) is 12.1 Å². The summed E-state index contributed by atoms with van der Waals surface area (Å²) in [4.78, 5) is 28.3. The molecular formula is C28H25N3O2S. The first-order valence-electron chi connectivity index (χ1n) is 11.0. The van der Waals surface area contributed by atoms with Gasteiger partial charge in [-0.25, -0.2) is 0 Å². The van der Waals surface area contributed by atoms with Gasteiger partial charge in [0.15, 0.2) is 0 Å². The largest absolute Gasteiger partial charge is 0.321 e. The zero-order valence-corrected chi connectivity index (χ0v) is 20.1. The molecule has 1 saturated heterocycles. The van der Waals surface area contributed by atoms with E-state index in [4.69, 9.17) is 0 Å². The van der Waals surface area contributed by atoms with Crippen LogP contribution >= 0.6 is 11.8 Å². The predicted molar refractivity (Wildman–Crippen MR) is 137 cm³/mol. The van der Waals surface area contributed by atoms with Crippen molar-refractivity contribution in [3.63, 3.8) is 0 Å². The predicted octanol–water partition coefficient (Wildman–Crippen LogP) is 5.68. The number of carbonyl (C=O) groups is 2. The van der Waals surface area contributed by atoms with Crippen LogP contribution in [0.1, 0.15) is 22.3 Å². The van der Waals surface area contributed by atoms with Crippen LogP contribution in [0.4, 0.5) is 11.4 Å². The van der Waals surface area contributed by atoms with Crippen LogP contribution in [-0.4, -0.2) is 17.1 Å². The first kappa shape index (κ1) is 23.3. The number of aryl methyl sites for hydroxylation is 3. The molecule has 0 radical (unpaired) electrons. The van der Waals surface area contributed by atoms with E-state index in [1.165, 1.54) is 16.7 Å². The number of hydrogen-bond acceptors (Lipinski definition) is 4. The Morgan fingerprint density at radius 2 is 1.68 bits per heavy atom. The first-order chi connectivity index (χ1) is 16.4. The lowest BCUT2D eigenvalue weighted by molar-refractivity contribution is -0.117. The van der Waals surface area contributed by atoms with Crippen LogP contribution in [0.2, 0.25) is 0 Å². The second kappa shape index (κ2) is 9.98. The molecule has 4 rings (SSSR count). The molecule has 1 N–H and O–H groups in total. The van der Waals surface area contributed by atoms with Gasteiger partial charge in [0.05, 0.1) is 5.25 Å². The van der Waals surface area contributed by atoms with E-state index >= 15 is 0 Å². The summed E-state index contributed by atoms with van der Waals surface area (Å²) in [5.74, 6) is -0.666. The summed E-state index contributed by atoms with van der Waals surface area (Å²) in [5.41, 5.74) is 5.48. The van der Waals surface area contributed by atoms with E-state index in [1.807, 2.05) is 81.4 Å². The van der Waals surface area contributed by atoms with Gasteiger partial charge in [-0.05, 0) is 73.7 Å². The molecule has 0 aliphatic carbocycles. The minimum atomic E-state index is -0.533. The molecule has 3 aromatic rings. The van der Waals surface area contributed by atoms with Gasteiger partial charge in [-0.1, -0.05) is 60.3 Å². The fraction of sp³-hybridized carbons (Fsp3) is 0.179. The van der Waals surface area contributed by atoms with Crippen molar-refractivity contribution in [3.05, 3.63) is 106 Å². The summed E-state index contributed by atoms with van der Waals surface area (Å²) in [7, 11) is 0. The van der Waals surface area contributed by atoms with Crippen molar-refractivity contribution in [2.24, 2.45) is 0 Å². The third-order valence-electron chi connectivity index (χ3n) is 5.95. The normalized spacial score (nSPS) is 16.8. The Kier molecular flexibility index (Phi) is 6.85. The molecule has 0 bridgehead atoms. The maximum Gasteiger partial charge on any atom is 0.269 e. The van der Waals surface area contributed by atoms with Gasteiger partial charge >= 0.3 is 0 Å². The quantitative estimate of drug-likeness (QED) is 0.387. The molecule has 6 heteroatoms. The number of anilines is 2. The maximum absolute atomic E-state index is 13.7. The van der Waals surface area contributed by atoms with Gasteiger partial charge in [-0.15, -0.1) is 0 Å². The summed E-state index contributed by atoms with van der Waals surface area (Å²) in [6, 6.07) is 24.7. The van der Waals surface area contributed by atoms with Crippen molar-refractivity contribution in [2.45, 2.75) is 32.4 Å². The molecule has 0 saturated carbocycles. The van der Waals surface area contributed by atoms with Crippen molar-refractivity contribution in [1.29, 1.82) is 5.26 Å². The Morgan fingerprint density at radius 1 is 0.971 bits per heavy atom. The lowest BCUT2D eigenvalue weighted by Gasteiger charge is -2.20. The van der Waals surface area contributed by atoms with E-state index in [2.05, 4.69) is 11.4 Å². The number of para-hydroxylation sites is 1. The van der Waals surface area contributed by atoms with E-state index < -0.39 is 11.2 Å². The topological polar surface area (TPSA) is 73.2 Å². The average Bonchev–Trinajstić information content (AvgIpc) is 3.14. The van der Waals surface area contributed by atoms with Gasteiger partial charge in [0.2, 0.25) is 5.91 Å². The zero-order valence-electron chi connectivity index (χ0n) is 19.3. The zero-order chi connectivity index (χ0) is 24.2. The van der Waals surface area contributed by atoms with Crippen LogP contribution in [0.3, 0.4) is 0 Å². The SMILES string of the molecule is Cc1ccc(N2C(=O)C(Cc3ccccc3C)S/C2=C(/C#N)C(=O)Nc2ccccc2)cc1C. The molecule has 3 aromatic carbocycles. The highest BCUT2D eigenvalue weighted by Gasteiger charge is 2.41. The number of amides is 2. The Balaban J connectivity index is 1.76. The maximum atomic E-state index is 13.7. The van der Waals surface area contributed by atoms with E-state index in [-0.39, 0.29) is 11.5 Å². The lowest BCUT2D eigenvalue weighted by Crippen LogP contribution is -2.31. The highest BCUT2D eigenvalue weighted by atomic mass is 32.2. The summed E-state index contributed by atoms with van der Waals surface area (Å²) in [6.07, 6.45) is 0.514. The van der Waals surface area contributed by atoms with Gasteiger partial charge in [0.1, 0.15) is 16.7 Å². The molecule has 0 spiro atoms.